The molecule has 68 valence electrons. The third-order valence-corrected chi connectivity index (χ3v) is 1.85. The summed E-state index contributed by atoms with van der Waals surface area (Å²) in [5, 5.41) is 8.29. The Bertz CT molecular complexity index is 371. The highest BCUT2D eigenvalue weighted by atomic mass is 35.5. The second-order valence-corrected chi connectivity index (χ2v) is 2.77. The number of nitrogens with zero attached hydrogens (tertiary/aromatic N) is 2. The predicted molar refractivity (Wildman–Crippen MR) is 43.7 cm³/mol. The van der Waals surface area contributed by atoms with Crippen LogP contribution in [0.5, 0.6) is 0 Å². The number of rotatable bonds is 1. The lowest BCUT2D eigenvalue weighted by atomic mass is 10.1. The second-order valence-electron chi connectivity index (χ2n) is 2.41. The van der Waals surface area contributed by atoms with Crippen LogP contribution in [0, 0.1) is 18.3 Å². The van der Waals surface area contributed by atoms with Crippen molar-refractivity contribution in [2.75, 3.05) is 0 Å². The minimum Gasteiger partial charge on any atom is -0.240 e. The Balaban J connectivity index is 3.33. The minimum absolute atomic E-state index is 0.125. The van der Waals surface area contributed by atoms with E-state index in [1.165, 1.54) is 0 Å². The summed E-state index contributed by atoms with van der Waals surface area (Å²) >= 11 is 5.45. The number of hydrogen-bond donors (Lipinski definition) is 0. The lowest BCUT2D eigenvalue weighted by Crippen LogP contribution is -1.95. The van der Waals surface area contributed by atoms with Crippen molar-refractivity contribution in [3.63, 3.8) is 0 Å². The lowest BCUT2D eigenvalue weighted by molar-refractivity contribution is 0.151. The average Bonchev–Trinajstić information content (AvgIpc) is 2.03. The summed E-state index contributed by atoms with van der Waals surface area (Å²) in [6, 6.07) is 2.83. The topological polar surface area (TPSA) is 36.7 Å². The number of alkyl halides is 2. The van der Waals surface area contributed by atoms with Crippen molar-refractivity contribution in [2.24, 2.45) is 0 Å². The normalized spacial score (nSPS) is 10.2. The third kappa shape index (κ3) is 1.93. The van der Waals surface area contributed by atoms with E-state index in [9.17, 15) is 8.78 Å². The van der Waals surface area contributed by atoms with Gasteiger partial charge in [-0.05, 0) is 13.0 Å². The monoisotopic (exact) mass is 202 g/mol. The molecule has 1 rings (SSSR count). The molecular formula is C8H5ClF2N2. The molecule has 0 unspecified atom stereocenters. The fraction of sp³-hybridized carbons (Fsp3) is 0.250. The van der Waals surface area contributed by atoms with E-state index in [1.54, 1.807) is 13.0 Å². The zero-order chi connectivity index (χ0) is 10.0. The number of aryl methyl sites for hydroxylation is 1. The first-order chi connectivity index (χ1) is 6.06. The SMILES string of the molecule is Cc1nc(Cl)c(C(F)F)cc1C#N. The van der Waals surface area contributed by atoms with Crippen molar-refractivity contribution < 1.29 is 8.78 Å². The van der Waals surface area contributed by atoms with Gasteiger partial charge in [-0.1, -0.05) is 11.6 Å². The van der Waals surface area contributed by atoms with Crippen LogP contribution in [-0.4, -0.2) is 4.98 Å². The molecule has 1 aromatic rings. The van der Waals surface area contributed by atoms with Gasteiger partial charge in [0.1, 0.15) is 11.2 Å². The Kier molecular flexibility index (Phi) is 2.79. The molecule has 1 aromatic heterocycles. The largest absolute Gasteiger partial charge is 0.266 e. The van der Waals surface area contributed by atoms with Crippen molar-refractivity contribution in [2.45, 2.75) is 13.3 Å². The molecule has 2 nitrogen and oxygen atoms in total. The van der Waals surface area contributed by atoms with Gasteiger partial charge in [0.15, 0.2) is 0 Å². The summed E-state index contributed by atoms with van der Waals surface area (Å²) in [6.07, 6.45) is -2.70. The van der Waals surface area contributed by atoms with E-state index in [4.69, 9.17) is 16.9 Å². The highest BCUT2D eigenvalue weighted by molar-refractivity contribution is 6.30. The van der Waals surface area contributed by atoms with E-state index < -0.39 is 12.0 Å². The van der Waals surface area contributed by atoms with E-state index in [1.807, 2.05) is 0 Å². The quantitative estimate of drug-likeness (QED) is 0.657. The Morgan fingerprint density at radius 2 is 2.23 bits per heavy atom. The molecule has 0 N–H and O–H groups in total. The number of pyridine rings is 1. The van der Waals surface area contributed by atoms with E-state index in [0.717, 1.165) is 6.07 Å². The first-order valence-electron chi connectivity index (χ1n) is 3.41. The maximum atomic E-state index is 12.2. The van der Waals surface area contributed by atoms with Crippen molar-refractivity contribution in [1.82, 2.24) is 4.98 Å². The van der Waals surface area contributed by atoms with Gasteiger partial charge in [0, 0.05) is 0 Å². The van der Waals surface area contributed by atoms with Crippen LogP contribution in [0.1, 0.15) is 23.2 Å². The van der Waals surface area contributed by atoms with Crippen molar-refractivity contribution in [1.29, 1.82) is 5.26 Å². The van der Waals surface area contributed by atoms with Crippen LogP contribution < -0.4 is 0 Å². The van der Waals surface area contributed by atoms with Crippen LogP contribution in [0.2, 0.25) is 5.15 Å². The van der Waals surface area contributed by atoms with Gasteiger partial charge in [-0.25, -0.2) is 13.8 Å². The summed E-state index contributed by atoms with van der Waals surface area (Å²) in [7, 11) is 0. The van der Waals surface area contributed by atoms with E-state index in [-0.39, 0.29) is 10.7 Å². The molecule has 13 heavy (non-hydrogen) atoms. The predicted octanol–water partition coefficient (Wildman–Crippen LogP) is 2.85. The molecule has 0 aliphatic heterocycles. The summed E-state index contributed by atoms with van der Waals surface area (Å²) in [6.45, 7) is 1.54. The zero-order valence-electron chi connectivity index (χ0n) is 6.68. The molecule has 0 amide bonds. The van der Waals surface area contributed by atoms with Crippen LogP contribution in [0.4, 0.5) is 8.78 Å². The number of aromatic nitrogens is 1. The molecule has 0 radical (unpaired) electrons. The molecule has 0 aliphatic carbocycles. The molecule has 0 spiro atoms. The molecule has 0 bridgehead atoms. The first kappa shape index (κ1) is 9.87. The number of nitriles is 1. The Morgan fingerprint density at radius 3 is 2.69 bits per heavy atom. The van der Waals surface area contributed by atoms with Crippen molar-refractivity contribution in [3.05, 3.63) is 28.0 Å². The standard InChI is InChI=1S/C8H5ClF2N2/c1-4-5(3-12)2-6(8(10)11)7(9)13-4/h2,8H,1H3. The molecule has 0 fully saturated rings. The molecule has 0 aliphatic rings. The molecule has 0 atom stereocenters. The smallest absolute Gasteiger partial charge is 0.240 e. The van der Waals surface area contributed by atoms with Crippen LogP contribution >= 0.6 is 11.6 Å². The van der Waals surface area contributed by atoms with Gasteiger partial charge in [-0.3, -0.25) is 0 Å². The molecule has 0 saturated heterocycles. The van der Waals surface area contributed by atoms with Gasteiger partial charge in [0.05, 0.1) is 16.8 Å². The van der Waals surface area contributed by atoms with Crippen LogP contribution in [0.15, 0.2) is 6.07 Å². The fourth-order valence-corrected chi connectivity index (χ4v) is 1.12. The van der Waals surface area contributed by atoms with Gasteiger partial charge < -0.3 is 0 Å². The highest BCUT2D eigenvalue weighted by Crippen LogP contribution is 2.26. The second kappa shape index (κ2) is 3.67. The summed E-state index contributed by atoms with van der Waals surface area (Å²) < 4.78 is 24.5. The van der Waals surface area contributed by atoms with Gasteiger partial charge in [-0.2, -0.15) is 5.26 Å². The number of halogens is 3. The first-order valence-corrected chi connectivity index (χ1v) is 3.79. The summed E-state index contributed by atoms with van der Waals surface area (Å²) in [5.41, 5.74) is 0.0837. The highest BCUT2D eigenvalue weighted by Gasteiger charge is 2.15. The summed E-state index contributed by atoms with van der Waals surface area (Å²) in [5.74, 6) is 0. The van der Waals surface area contributed by atoms with Crippen LogP contribution in [-0.2, 0) is 0 Å². The van der Waals surface area contributed by atoms with Crippen molar-refractivity contribution in [3.8, 4) is 6.07 Å². The Morgan fingerprint density at radius 1 is 1.62 bits per heavy atom. The molecule has 5 heteroatoms. The Labute approximate surface area is 78.8 Å². The molecule has 0 aromatic carbocycles. The van der Waals surface area contributed by atoms with Gasteiger partial charge in [0.2, 0.25) is 0 Å². The maximum Gasteiger partial charge on any atom is 0.266 e. The average molecular weight is 203 g/mol. The maximum absolute atomic E-state index is 12.2. The van der Waals surface area contributed by atoms with Crippen molar-refractivity contribution >= 4 is 11.6 Å². The molecule has 0 saturated carbocycles. The minimum atomic E-state index is -2.70. The van der Waals surface area contributed by atoms with Gasteiger partial charge in [0.25, 0.3) is 6.43 Å². The van der Waals surface area contributed by atoms with E-state index >= 15 is 0 Å². The van der Waals surface area contributed by atoms with Gasteiger partial charge in [-0.15, -0.1) is 0 Å². The third-order valence-electron chi connectivity index (χ3n) is 1.55. The fourth-order valence-electron chi connectivity index (χ4n) is 0.858. The van der Waals surface area contributed by atoms with Crippen LogP contribution in [0.3, 0.4) is 0 Å². The van der Waals surface area contributed by atoms with E-state index in [0.29, 0.717) is 5.69 Å². The Hall–Kier alpha value is -1.21. The molecular weight excluding hydrogens is 198 g/mol. The summed E-state index contributed by atoms with van der Waals surface area (Å²) in [4.78, 5) is 3.63. The van der Waals surface area contributed by atoms with E-state index in [2.05, 4.69) is 4.98 Å². The van der Waals surface area contributed by atoms with Gasteiger partial charge >= 0.3 is 0 Å². The lowest BCUT2D eigenvalue weighted by Gasteiger charge is -2.04. The van der Waals surface area contributed by atoms with Crippen LogP contribution in [0.25, 0.3) is 0 Å². The zero-order valence-corrected chi connectivity index (χ0v) is 7.44. The number of hydrogen-bond acceptors (Lipinski definition) is 2. The molecule has 1 heterocycles.